The summed E-state index contributed by atoms with van der Waals surface area (Å²) in [6.45, 7) is 1.07. The fourth-order valence-corrected chi connectivity index (χ4v) is 5.69. The average molecular weight is 395 g/mol. The van der Waals surface area contributed by atoms with E-state index in [-0.39, 0.29) is 0 Å². The molecule has 4 nitrogen and oxygen atoms in total. The van der Waals surface area contributed by atoms with Crippen molar-refractivity contribution in [2.45, 2.75) is 18.0 Å². The molecule has 20 heavy (non-hydrogen) atoms. The molecule has 1 N–H and O–H groups in total. The van der Waals surface area contributed by atoms with Gasteiger partial charge in [0.1, 0.15) is 0 Å². The van der Waals surface area contributed by atoms with Gasteiger partial charge in [-0.3, -0.25) is 0 Å². The Morgan fingerprint density at radius 3 is 2.55 bits per heavy atom. The molecule has 0 saturated heterocycles. The topological polar surface area (TPSA) is 49.4 Å². The minimum atomic E-state index is -3.42. The Labute approximate surface area is 135 Å². The number of nitrogens with one attached hydrogen (secondary N) is 1. The summed E-state index contributed by atoms with van der Waals surface area (Å²) in [5.41, 5.74) is 0. The van der Waals surface area contributed by atoms with Gasteiger partial charge in [-0.1, -0.05) is 0 Å². The van der Waals surface area contributed by atoms with Gasteiger partial charge in [0.05, 0.1) is 4.90 Å². The highest BCUT2D eigenvalue weighted by Crippen LogP contribution is 2.25. The van der Waals surface area contributed by atoms with Gasteiger partial charge in [-0.05, 0) is 35.1 Å². The first kappa shape index (κ1) is 16.1. The van der Waals surface area contributed by atoms with E-state index in [1.165, 1.54) is 15.6 Å². The number of rotatable bonds is 6. The van der Waals surface area contributed by atoms with E-state index in [1.54, 1.807) is 29.8 Å². The van der Waals surface area contributed by atoms with Crippen LogP contribution in [0.1, 0.15) is 9.75 Å². The van der Waals surface area contributed by atoms with Crippen molar-refractivity contribution in [3.63, 3.8) is 0 Å². The summed E-state index contributed by atoms with van der Waals surface area (Å²) in [7, 11) is 0.0334. The quantitative estimate of drug-likeness (QED) is 0.818. The van der Waals surface area contributed by atoms with Crippen molar-refractivity contribution < 1.29 is 8.42 Å². The zero-order valence-corrected chi connectivity index (χ0v) is 15.1. The third-order valence-electron chi connectivity index (χ3n) is 2.69. The van der Waals surface area contributed by atoms with Crippen LogP contribution < -0.4 is 5.32 Å². The minimum Gasteiger partial charge on any atom is -0.315 e. The predicted octanol–water partition coefficient (Wildman–Crippen LogP) is 3.11. The molecule has 0 aliphatic heterocycles. The van der Waals surface area contributed by atoms with Crippen LogP contribution in [0.4, 0.5) is 0 Å². The summed E-state index contributed by atoms with van der Waals surface area (Å²) >= 11 is 6.37. The van der Waals surface area contributed by atoms with E-state index in [1.807, 2.05) is 18.5 Å². The van der Waals surface area contributed by atoms with Crippen molar-refractivity contribution in [1.82, 2.24) is 9.62 Å². The van der Waals surface area contributed by atoms with Gasteiger partial charge in [-0.25, -0.2) is 8.42 Å². The maximum atomic E-state index is 12.5. The summed E-state index contributed by atoms with van der Waals surface area (Å²) < 4.78 is 27.3. The summed E-state index contributed by atoms with van der Waals surface area (Å²) in [6, 6.07) is 3.67. The van der Waals surface area contributed by atoms with Crippen LogP contribution in [0.25, 0.3) is 0 Å². The lowest BCUT2D eigenvalue weighted by Gasteiger charge is -2.15. The molecule has 0 radical (unpaired) electrons. The molecule has 0 aliphatic rings. The van der Waals surface area contributed by atoms with Gasteiger partial charge in [0.2, 0.25) is 10.0 Å². The van der Waals surface area contributed by atoms with Gasteiger partial charge in [0.25, 0.3) is 0 Å². The normalized spacial score (nSPS) is 12.2. The van der Waals surface area contributed by atoms with Crippen LogP contribution in [0, 0.1) is 0 Å². The first-order chi connectivity index (χ1) is 9.43. The Morgan fingerprint density at radius 2 is 1.95 bits per heavy atom. The zero-order chi connectivity index (χ0) is 14.8. The Hall–Kier alpha value is -0.250. The van der Waals surface area contributed by atoms with Gasteiger partial charge >= 0.3 is 0 Å². The zero-order valence-electron chi connectivity index (χ0n) is 11.1. The van der Waals surface area contributed by atoms with Gasteiger partial charge in [0, 0.05) is 45.1 Å². The number of nitrogens with zero attached hydrogens (tertiary/aromatic N) is 1. The molecule has 0 fully saturated rings. The molecule has 0 spiro atoms. The van der Waals surface area contributed by atoms with Crippen LogP contribution in [0.3, 0.4) is 0 Å². The number of hydrogen-bond donors (Lipinski definition) is 1. The summed E-state index contributed by atoms with van der Waals surface area (Å²) in [4.78, 5) is 2.39. The fourth-order valence-electron chi connectivity index (χ4n) is 1.68. The largest absolute Gasteiger partial charge is 0.315 e. The molecule has 2 heterocycles. The fraction of sp³-hybridized carbons (Fsp3) is 0.333. The van der Waals surface area contributed by atoms with Crippen LogP contribution in [-0.2, 0) is 23.1 Å². The van der Waals surface area contributed by atoms with Gasteiger partial charge in [-0.15, -0.1) is 22.7 Å². The van der Waals surface area contributed by atoms with E-state index in [2.05, 4.69) is 21.2 Å². The molecular weight excluding hydrogens is 380 g/mol. The van der Waals surface area contributed by atoms with E-state index < -0.39 is 10.0 Å². The highest BCUT2D eigenvalue weighted by atomic mass is 79.9. The molecule has 110 valence electrons. The second-order valence-electron chi connectivity index (χ2n) is 4.27. The van der Waals surface area contributed by atoms with E-state index in [0.717, 1.165) is 14.2 Å². The van der Waals surface area contributed by atoms with Crippen molar-refractivity contribution in [1.29, 1.82) is 0 Å². The standard InChI is InChI=1S/C12H15BrN2O2S3/c1-14-5-10-4-12(8-19-10)20(16,17)15(2)6-11-3-9(13)7-18-11/h3-4,7-8,14H,5-6H2,1-2H3. The molecule has 0 aliphatic carbocycles. The van der Waals surface area contributed by atoms with E-state index in [9.17, 15) is 8.42 Å². The highest BCUT2D eigenvalue weighted by molar-refractivity contribution is 9.10. The third-order valence-corrected chi connectivity index (χ3v) is 7.24. The minimum absolute atomic E-state index is 0.367. The van der Waals surface area contributed by atoms with Crippen molar-refractivity contribution in [3.8, 4) is 0 Å². The number of halogens is 1. The molecule has 2 rings (SSSR count). The summed E-state index contributed by atoms with van der Waals surface area (Å²) in [5, 5.41) is 6.67. The second kappa shape index (κ2) is 6.67. The van der Waals surface area contributed by atoms with Gasteiger partial charge < -0.3 is 5.32 Å². The lowest BCUT2D eigenvalue weighted by Crippen LogP contribution is -2.25. The van der Waals surface area contributed by atoms with Crippen molar-refractivity contribution >= 4 is 48.6 Å². The average Bonchev–Trinajstić information content (AvgIpc) is 2.99. The number of sulfonamides is 1. The first-order valence-electron chi connectivity index (χ1n) is 5.84. The van der Waals surface area contributed by atoms with Crippen LogP contribution in [0.2, 0.25) is 0 Å². The molecule has 0 unspecified atom stereocenters. The van der Waals surface area contributed by atoms with E-state index >= 15 is 0 Å². The molecule has 2 aromatic heterocycles. The molecule has 2 aromatic rings. The third kappa shape index (κ3) is 3.69. The Bertz CT molecular complexity index is 678. The molecular formula is C12H15BrN2O2S3. The van der Waals surface area contributed by atoms with Gasteiger partial charge in [0.15, 0.2) is 0 Å². The number of thiophene rings is 2. The van der Waals surface area contributed by atoms with Crippen LogP contribution in [0.15, 0.2) is 32.3 Å². The maximum Gasteiger partial charge on any atom is 0.243 e. The van der Waals surface area contributed by atoms with Crippen molar-refractivity contribution in [2.75, 3.05) is 14.1 Å². The molecule has 0 aromatic carbocycles. The molecule has 0 atom stereocenters. The van der Waals surface area contributed by atoms with Crippen molar-refractivity contribution in [2.24, 2.45) is 0 Å². The summed E-state index contributed by atoms with van der Waals surface area (Å²) in [5.74, 6) is 0. The maximum absolute atomic E-state index is 12.5. The summed E-state index contributed by atoms with van der Waals surface area (Å²) in [6.07, 6.45) is 0. The van der Waals surface area contributed by atoms with Crippen LogP contribution >= 0.6 is 38.6 Å². The van der Waals surface area contributed by atoms with Crippen molar-refractivity contribution in [3.05, 3.63) is 37.1 Å². The smallest absolute Gasteiger partial charge is 0.243 e. The van der Waals surface area contributed by atoms with Gasteiger partial charge in [-0.2, -0.15) is 4.31 Å². The molecule has 0 bridgehead atoms. The SMILES string of the molecule is CNCc1cc(S(=O)(=O)N(C)Cc2cc(Br)cs2)cs1. The number of hydrogen-bond acceptors (Lipinski definition) is 5. The predicted molar refractivity (Wildman–Crippen MR) is 87.8 cm³/mol. The second-order valence-corrected chi connectivity index (χ2v) is 9.22. The monoisotopic (exact) mass is 394 g/mol. The van der Waals surface area contributed by atoms with Crippen LogP contribution in [-0.4, -0.2) is 26.8 Å². The lowest BCUT2D eigenvalue weighted by atomic mass is 10.5. The highest BCUT2D eigenvalue weighted by Gasteiger charge is 2.22. The van der Waals surface area contributed by atoms with Crippen LogP contribution in [0.5, 0.6) is 0 Å². The molecule has 8 heteroatoms. The van der Waals surface area contributed by atoms with E-state index in [4.69, 9.17) is 0 Å². The van der Waals surface area contributed by atoms with E-state index in [0.29, 0.717) is 18.0 Å². The molecule has 0 saturated carbocycles. The lowest BCUT2D eigenvalue weighted by molar-refractivity contribution is 0.470. The first-order valence-corrected chi connectivity index (χ1v) is 9.84. The molecule has 0 amide bonds. The Balaban J connectivity index is 2.15. The Kier molecular flexibility index (Phi) is 5.38. The Morgan fingerprint density at radius 1 is 1.25 bits per heavy atom.